The molecule has 0 aliphatic heterocycles. The molecule has 0 fully saturated rings. The van der Waals surface area contributed by atoms with E-state index in [2.05, 4.69) is 123 Å². The third kappa shape index (κ3) is 20.3. The molecule has 0 saturated carbocycles. The topological polar surface area (TPSA) is 116 Å². The number of allylic oxidation sites excluding steroid dienone is 6. The Morgan fingerprint density at radius 2 is 1.10 bits per heavy atom. The number of methoxy groups -OCH3 is 1. The summed E-state index contributed by atoms with van der Waals surface area (Å²) in [4.78, 5) is 26.8. The fourth-order valence-corrected chi connectivity index (χ4v) is 8.49. The van der Waals surface area contributed by atoms with Crippen LogP contribution < -0.4 is 36.0 Å². The van der Waals surface area contributed by atoms with Crippen LogP contribution in [0.1, 0.15) is 179 Å². The Kier molecular flexibility index (Phi) is 28.1. The van der Waals surface area contributed by atoms with Gasteiger partial charge in [-0.3, -0.25) is 9.59 Å². The average molecular weight is 979 g/mol. The number of hydrogen-bond acceptors (Lipinski definition) is 8. The molecule has 1 atom stereocenters. The molecule has 2 heterocycles. The van der Waals surface area contributed by atoms with Crippen molar-refractivity contribution in [2.75, 3.05) is 44.0 Å². The van der Waals surface area contributed by atoms with Crippen LogP contribution in [-0.2, 0) is 13.1 Å². The summed E-state index contributed by atoms with van der Waals surface area (Å²) in [5.41, 5.74) is 8.62. The molecule has 394 valence electrons. The highest BCUT2D eigenvalue weighted by Gasteiger charge is 2.21. The maximum Gasteiger partial charge on any atom is 0.297 e. The summed E-state index contributed by atoms with van der Waals surface area (Å²) >= 11 is 0. The molecule has 0 saturated heterocycles. The summed E-state index contributed by atoms with van der Waals surface area (Å²) in [6.07, 6.45) is 26.2. The van der Waals surface area contributed by atoms with Crippen LogP contribution in [-0.4, -0.2) is 47.7 Å². The van der Waals surface area contributed by atoms with Crippen LogP contribution in [0.25, 0.3) is 21.8 Å². The third-order valence-corrected chi connectivity index (χ3v) is 12.8. The molecular weight excluding hydrogens is 885 g/mol. The number of unbranched alkanes of at least 4 members (excludes halogenated alkanes) is 7. The summed E-state index contributed by atoms with van der Waals surface area (Å²) in [7, 11) is 1.62. The number of aromatic hydroxyl groups is 1. The molecule has 0 bridgehead atoms. The zero-order valence-corrected chi connectivity index (χ0v) is 46.3. The molecule has 2 aromatic carbocycles. The Labute approximate surface area is 428 Å². The van der Waals surface area contributed by atoms with Gasteiger partial charge in [-0.05, 0) is 135 Å². The van der Waals surface area contributed by atoms with Crippen LogP contribution in [0.15, 0.2) is 92.6 Å². The van der Waals surface area contributed by atoms with Gasteiger partial charge in [0.05, 0.1) is 31.4 Å². The third-order valence-electron chi connectivity index (χ3n) is 12.8. The van der Waals surface area contributed by atoms with Gasteiger partial charge in [-0.25, -0.2) is 0 Å². The number of nitrogens with one attached hydrogen (secondary N) is 2. The maximum absolute atomic E-state index is 13.6. The fraction of sp³-hybridized carbons (Fsp3) is 0.574. The first-order valence-electron chi connectivity index (χ1n) is 27.2. The summed E-state index contributed by atoms with van der Waals surface area (Å²) in [6.45, 7) is 27.3. The van der Waals surface area contributed by atoms with Gasteiger partial charge in [-0.2, -0.15) is 0 Å². The van der Waals surface area contributed by atoms with Crippen LogP contribution >= 0.6 is 0 Å². The van der Waals surface area contributed by atoms with Gasteiger partial charge in [0, 0.05) is 48.3 Å². The summed E-state index contributed by atoms with van der Waals surface area (Å²) < 4.78 is 21.3. The quantitative estimate of drug-likeness (QED) is 0.0327. The number of anilines is 2. The lowest BCUT2D eigenvalue weighted by molar-refractivity contribution is 0.238. The zero-order chi connectivity index (χ0) is 52.1. The van der Waals surface area contributed by atoms with Gasteiger partial charge in [0.1, 0.15) is 0 Å². The van der Waals surface area contributed by atoms with E-state index < -0.39 is 0 Å². The Balaban J connectivity index is 0.000000377. The van der Waals surface area contributed by atoms with Crippen LogP contribution in [0.3, 0.4) is 0 Å². The fourth-order valence-electron chi connectivity index (χ4n) is 8.49. The van der Waals surface area contributed by atoms with Crippen molar-refractivity contribution in [2.24, 2.45) is 5.92 Å². The lowest BCUT2D eigenvalue weighted by Gasteiger charge is -2.18. The molecule has 0 amide bonds. The van der Waals surface area contributed by atoms with Gasteiger partial charge in [-0.1, -0.05) is 133 Å². The minimum absolute atomic E-state index is 0.0574. The predicted molar refractivity (Wildman–Crippen MR) is 305 cm³/mol. The minimum atomic E-state index is -0.255. The van der Waals surface area contributed by atoms with E-state index in [1.165, 1.54) is 48.0 Å². The first kappa shape index (κ1) is 59.9. The lowest BCUT2D eigenvalue weighted by atomic mass is 10.1. The monoisotopic (exact) mass is 979 g/mol. The van der Waals surface area contributed by atoms with E-state index in [4.69, 9.17) is 14.2 Å². The van der Waals surface area contributed by atoms with E-state index in [-0.39, 0.29) is 22.6 Å². The van der Waals surface area contributed by atoms with Crippen molar-refractivity contribution in [1.82, 2.24) is 9.13 Å². The van der Waals surface area contributed by atoms with Crippen LogP contribution in [0, 0.1) is 5.92 Å². The van der Waals surface area contributed by atoms with Crippen molar-refractivity contribution in [3.63, 3.8) is 0 Å². The molecule has 4 aromatic rings. The number of pyridine rings is 2. The van der Waals surface area contributed by atoms with Crippen LogP contribution in [0.4, 0.5) is 11.4 Å². The predicted octanol–water partition coefficient (Wildman–Crippen LogP) is 16.1. The van der Waals surface area contributed by atoms with E-state index in [1.54, 1.807) is 11.7 Å². The van der Waals surface area contributed by atoms with Crippen molar-refractivity contribution < 1.29 is 19.3 Å². The Morgan fingerprint density at radius 1 is 0.606 bits per heavy atom. The minimum Gasteiger partial charge on any atom is -0.504 e. The second-order valence-corrected chi connectivity index (χ2v) is 19.9. The molecule has 10 nitrogen and oxygen atoms in total. The van der Waals surface area contributed by atoms with E-state index in [0.29, 0.717) is 55.7 Å². The molecule has 2 aromatic heterocycles. The van der Waals surface area contributed by atoms with Crippen molar-refractivity contribution in [3.05, 3.63) is 104 Å². The van der Waals surface area contributed by atoms with E-state index >= 15 is 0 Å². The molecule has 4 rings (SSSR count). The molecule has 71 heavy (non-hydrogen) atoms. The summed E-state index contributed by atoms with van der Waals surface area (Å²) in [6, 6.07) is 12.0. The maximum atomic E-state index is 13.6. The van der Waals surface area contributed by atoms with Gasteiger partial charge in [0.25, 0.3) is 11.1 Å². The molecular formula is C61H94N4O6. The first-order valence-corrected chi connectivity index (χ1v) is 27.2. The molecule has 0 radical (unpaired) electrons. The molecule has 1 unspecified atom stereocenters. The first-order chi connectivity index (χ1) is 34.2. The van der Waals surface area contributed by atoms with Crippen molar-refractivity contribution in [2.45, 2.75) is 192 Å². The molecule has 3 N–H and O–H groups in total. The van der Waals surface area contributed by atoms with Gasteiger partial charge >= 0.3 is 0 Å². The highest BCUT2D eigenvalue weighted by Crippen LogP contribution is 2.35. The number of hydrogen-bond donors (Lipinski definition) is 3. The average Bonchev–Trinajstić information content (AvgIpc) is 3.33. The number of nitrogens with zero attached hydrogens (tertiary/aromatic N) is 2. The van der Waals surface area contributed by atoms with Gasteiger partial charge in [0.2, 0.25) is 11.5 Å². The number of rotatable bonds is 32. The van der Waals surface area contributed by atoms with Crippen molar-refractivity contribution >= 4 is 33.2 Å². The molecule has 0 aliphatic rings. The SMILES string of the molecule is CCCCCCCCOc1c(OC)c2ccc(NC/C=C(\C)CCC=C(C)C)cc2n(CCCC)c1=O.CCCCn1c(=O)c(OCC(C)CCC)c(O)c2ccc(NC/C=C(\C)CCC=C(C)C)cc21. The largest absolute Gasteiger partial charge is 0.504 e. The molecule has 10 heteroatoms. The smallest absolute Gasteiger partial charge is 0.297 e. The zero-order valence-electron chi connectivity index (χ0n) is 46.3. The summed E-state index contributed by atoms with van der Waals surface area (Å²) in [5.74, 6) is 1.23. The van der Waals surface area contributed by atoms with E-state index in [0.717, 1.165) is 111 Å². The number of aromatic nitrogens is 2. The van der Waals surface area contributed by atoms with Crippen molar-refractivity contribution in [3.8, 4) is 23.0 Å². The number of aryl methyl sites for hydroxylation is 2. The van der Waals surface area contributed by atoms with Gasteiger partial charge < -0.3 is 39.1 Å². The van der Waals surface area contributed by atoms with E-state index in [1.807, 2.05) is 28.8 Å². The molecule has 0 spiro atoms. The van der Waals surface area contributed by atoms with Crippen molar-refractivity contribution in [1.29, 1.82) is 0 Å². The Bertz CT molecular complexity index is 2470. The van der Waals surface area contributed by atoms with Crippen LogP contribution in [0.2, 0.25) is 0 Å². The number of fused-ring (bicyclic) bond motifs is 2. The highest BCUT2D eigenvalue weighted by atomic mass is 16.5. The Morgan fingerprint density at radius 3 is 1.61 bits per heavy atom. The summed E-state index contributed by atoms with van der Waals surface area (Å²) in [5, 5.41) is 19.4. The second-order valence-electron chi connectivity index (χ2n) is 19.9. The lowest BCUT2D eigenvalue weighted by Crippen LogP contribution is -2.24. The number of benzene rings is 2. The standard InChI is InChI=1S/C32H50N2O3.C29H44N2O3/c1-7-9-11-12-13-14-23-37-31-30(36-6)28-19-18-27(24-29(28)34(32(31)35)22-10-8-2)33-21-20-26(5)17-15-16-25(3)4;1-7-9-18-31-26-19-24(30-17-16-22(5)13-10-12-21(3)4)14-15-25(26)27(32)28(29(31)33)34-20-23(6)11-8-2/h16,18-20,24,33H,7-15,17,21-23H2,1-6H3;12,14-16,19,23,30,32H,7-11,13,17-18,20H2,1-6H3/b26-20+;22-16+. The van der Waals surface area contributed by atoms with Crippen LogP contribution in [0.5, 0.6) is 23.0 Å². The second kappa shape index (κ2) is 33.3. The molecule has 0 aliphatic carbocycles. The highest BCUT2D eigenvalue weighted by molar-refractivity contribution is 5.91. The van der Waals surface area contributed by atoms with Gasteiger partial charge in [0.15, 0.2) is 11.5 Å². The number of ether oxygens (including phenoxy) is 3. The normalized spacial score (nSPS) is 12.1. The van der Waals surface area contributed by atoms with Gasteiger partial charge in [-0.15, -0.1) is 0 Å². The Hall–Kier alpha value is -5.38. The van der Waals surface area contributed by atoms with E-state index in [9.17, 15) is 14.7 Å².